The van der Waals surface area contributed by atoms with Crippen LogP contribution in [-0.2, 0) is 25.7 Å². The molecule has 0 aromatic heterocycles. The Labute approximate surface area is 260 Å². The second-order valence-corrected chi connectivity index (χ2v) is 13.0. The van der Waals surface area contributed by atoms with E-state index < -0.39 is 35.0 Å². The first-order valence-corrected chi connectivity index (χ1v) is 15.5. The number of anilines is 1. The van der Waals surface area contributed by atoms with Gasteiger partial charge in [-0.1, -0.05) is 96.6 Å². The predicted octanol–water partition coefficient (Wildman–Crippen LogP) is 5.98. The molecule has 1 N–H and O–H groups in total. The van der Waals surface area contributed by atoms with Gasteiger partial charge in [-0.05, 0) is 48.8 Å². The van der Waals surface area contributed by atoms with Crippen LogP contribution in [0.25, 0.3) is 10.8 Å². The van der Waals surface area contributed by atoms with Crippen molar-refractivity contribution in [2.75, 3.05) is 4.90 Å². The van der Waals surface area contributed by atoms with Gasteiger partial charge in [-0.25, -0.2) is 4.90 Å². The summed E-state index contributed by atoms with van der Waals surface area (Å²) in [5.41, 5.74) is 1.58. The molecule has 4 aromatic carbocycles. The van der Waals surface area contributed by atoms with Crippen LogP contribution in [0, 0.1) is 29.1 Å². The zero-order chi connectivity index (χ0) is 31.0. The summed E-state index contributed by atoms with van der Waals surface area (Å²) in [6.45, 7) is 2.04. The molecule has 4 amide bonds. The van der Waals surface area contributed by atoms with Crippen LogP contribution >= 0.6 is 0 Å². The second kappa shape index (κ2) is 9.99. The van der Waals surface area contributed by atoms with Gasteiger partial charge >= 0.3 is 0 Å². The first kappa shape index (κ1) is 27.5. The Morgan fingerprint density at radius 3 is 2.22 bits per heavy atom. The third kappa shape index (κ3) is 3.82. The van der Waals surface area contributed by atoms with Crippen LogP contribution in [0.2, 0.25) is 0 Å². The van der Waals surface area contributed by atoms with E-state index in [0.717, 1.165) is 16.5 Å². The highest BCUT2D eigenvalue weighted by atomic mass is 16.3. The average Bonchev–Trinajstić information content (AvgIpc) is 3.42. The molecule has 0 unspecified atom stereocenters. The Morgan fingerprint density at radius 2 is 1.47 bits per heavy atom. The number of phenolic OH excluding ortho intramolecular Hbond substituents is 1. The summed E-state index contributed by atoms with van der Waals surface area (Å²) in [6, 6.07) is 29.7. The van der Waals surface area contributed by atoms with Crippen molar-refractivity contribution in [2.45, 2.75) is 32.2 Å². The van der Waals surface area contributed by atoms with Gasteiger partial charge in [0.25, 0.3) is 0 Å². The molecule has 8 rings (SSSR count). The van der Waals surface area contributed by atoms with Crippen LogP contribution in [0.1, 0.15) is 36.8 Å². The van der Waals surface area contributed by atoms with Gasteiger partial charge in [0, 0.05) is 16.9 Å². The van der Waals surface area contributed by atoms with Crippen LogP contribution < -0.4 is 4.90 Å². The second-order valence-electron chi connectivity index (χ2n) is 13.0. The maximum absolute atomic E-state index is 14.6. The quantitative estimate of drug-likeness (QED) is 0.231. The number of phenols is 1. The summed E-state index contributed by atoms with van der Waals surface area (Å²) in [4.78, 5) is 59.4. The number of fused-ring (bicyclic) bond motifs is 5. The van der Waals surface area contributed by atoms with Crippen molar-refractivity contribution in [3.63, 3.8) is 0 Å². The van der Waals surface area contributed by atoms with Crippen LogP contribution in [0.4, 0.5) is 5.69 Å². The smallest absolute Gasteiger partial charge is 0.241 e. The molecule has 2 saturated heterocycles. The summed E-state index contributed by atoms with van der Waals surface area (Å²) < 4.78 is 0. The first-order chi connectivity index (χ1) is 21.8. The number of para-hydroxylation sites is 1. The number of allylic oxidation sites excluding steroid dienone is 2. The molecule has 224 valence electrons. The number of carbonyl (C=O) groups is 4. The normalized spacial score (nSPS) is 29.1. The van der Waals surface area contributed by atoms with Crippen LogP contribution in [0.3, 0.4) is 0 Å². The Hall–Kier alpha value is -5.04. The standard InChI is InChI=1S/C38H32N2O5/c1-38-30(35(43)40(37(38)45)24-13-6-3-7-14-24)20-29-26(32(38)28-17-16-23-12-8-9-15-25(23)33(28)41)18-19-27-31(29)36(44)39(34(27)42)21-22-10-4-2-5-11-22/h2-18,27,29-32,41H,19-21H2,1H3/t27-,29+,30-,31-,32+,38+/m0/s1. The third-order valence-electron chi connectivity index (χ3n) is 10.8. The number of nitrogens with zero attached hydrogens (tertiary/aromatic N) is 2. The zero-order valence-electron chi connectivity index (χ0n) is 24.8. The minimum absolute atomic E-state index is 0.0692. The van der Waals surface area contributed by atoms with Gasteiger partial charge in [0.1, 0.15) is 5.75 Å². The Morgan fingerprint density at radius 1 is 0.778 bits per heavy atom. The minimum atomic E-state index is -1.21. The molecule has 2 heterocycles. The van der Waals surface area contributed by atoms with E-state index in [1.165, 1.54) is 9.80 Å². The van der Waals surface area contributed by atoms with E-state index in [-0.39, 0.29) is 42.3 Å². The number of rotatable bonds is 4. The first-order valence-electron chi connectivity index (χ1n) is 15.5. The Balaban J connectivity index is 1.28. The maximum Gasteiger partial charge on any atom is 0.241 e. The summed E-state index contributed by atoms with van der Waals surface area (Å²) in [5, 5.41) is 13.3. The number of amides is 4. The van der Waals surface area contributed by atoms with E-state index in [9.17, 15) is 24.3 Å². The fourth-order valence-electron chi connectivity index (χ4n) is 8.67. The van der Waals surface area contributed by atoms with Gasteiger partial charge in [-0.2, -0.15) is 0 Å². The van der Waals surface area contributed by atoms with Crippen molar-refractivity contribution in [3.05, 3.63) is 120 Å². The molecule has 7 nitrogen and oxygen atoms in total. The van der Waals surface area contributed by atoms with E-state index >= 15 is 0 Å². The molecule has 0 radical (unpaired) electrons. The molecule has 4 aliphatic rings. The molecule has 3 fully saturated rings. The lowest BCUT2D eigenvalue weighted by atomic mass is 9.51. The van der Waals surface area contributed by atoms with E-state index in [1.807, 2.05) is 85.8 Å². The maximum atomic E-state index is 14.6. The highest BCUT2D eigenvalue weighted by Gasteiger charge is 2.67. The highest BCUT2D eigenvalue weighted by molar-refractivity contribution is 6.24. The van der Waals surface area contributed by atoms with Crippen LogP contribution in [0.5, 0.6) is 5.75 Å². The van der Waals surface area contributed by atoms with Gasteiger partial charge in [-0.15, -0.1) is 0 Å². The van der Waals surface area contributed by atoms with Crippen molar-refractivity contribution >= 4 is 40.1 Å². The summed E-state index contributed by atoms with van der Waals surface area (Å²) in [6.07, 6.45) is 2.66. The molecule has 0 spiro atoms. The molecule has 6 atom stereocenters. The van der Waals surface area contributed by atoms with Gasteiger partial charge in [-0.3, -0.25) is 24.1 Å². The van der Waals surface area contributed by atoms with Crippen LogP contribution in [-0.4, -0.2) is 33.6 Å². The SMILES string of the molecule is C[C@@]12C(=O)N(c3ccccc3)C(=O)[C@@H]1C[C@@H]1C(=CC[C@@H]3C(=O)N(Cc4ccccc4)C(=O)[C@@H]31)[C@@H]2c1ccc2ccccc2c1O. The Kier molecular flexibility index (Phi) is 6.11. The summed E-state index contributed by atoms with van der Waals surface area (Å²) in [7, 11) is 0. The van der Waals surface area contributed by atoms with Gasteiger partial charge in [0.05, 0.1) is 35.4 Å². The lowest BCUT2D eigenvalue weighted by Crippen LogP contribution is -2.48. The number of hydrogen-bond donors (Lipinski definition) is 1. The minimum Gasteiger partial charge on any atom is -0.507 e. The largest absolute Gasteiger partial charge is 0.507 e. The molecular weight excluding hydrogens is 564 g/mol. The van der Waals surface area contributed by atoms with Crippen molar-refractivity contribution in [3.8, 4) is 5.75 Å². The summed E-state index contributed by atoms with van der Waals surface area (Å²) in [5.74, 6) is -3.97. The number of aromatic hydroxyl groups is 1. The van der Waals surface area contributed by atoms with Crippen molar-refractivity contribution in [1.29, 1.82) is 0 Å². The van der Waals surface area contributed by atoms with Crippen molar-refractivity contribution in [1.82, 2.24) is 4.90 Å². The molecule has 0 bridgehead atoms. The van der Waals surface area contributed by atoms with Gasteiger partial charge < -0.3 is 5.11 Å². The molecule has 2 aliphatic heterocycles. The van der Waals surface area contributed by atoms with E-state index in [0.29, 0.717) is 23.1 Å². The average molecular weight is 597 g/mol. The number of benzene rings is 4. The third-order valence-corrected chi connectivity index (χ3v) is 10.8. The van der Waals surface area contributed by atoms with Crippen LogP contribution in [0.15, 0.2) is 109 Å². The number of carbonyl (C=O) groups excluding carboxylic acids is 4. The number of hydrogen-bond acceptors (Lipinski definition) is 5. The Bertz CT molecular complexity index is 1940. The molecular formula is C38H32N2O5. The lowest BCUT2D eigenvalue weighted by Gasteiger charge is -2.49. The predicted molar refractivity (Wildman–Crippen MR) is 169 cm³/mol. The van der Waals surface area contributed by atoms with E-state index in [4.69, 9.17) is 0 Å². The number of likely N-dealkylation sites (tertiary alicyclic amines) is 1. The fourth-order valence-corrected chi connectivity index (χ4v) is 8.67. The number of imide groups is 2. The molecule has 7 heteroatoms. The van der Waals surface area contributed by atoms with Crippen molar-refractivity contribution < 1.29 is 24.3 Å². The highest BCUT2D eigenvalue weighted by Crippen LogP contribution is 2.64. The molecule has 45 heavy (non-hydrogen) atoms. The molecule has 1 saturated carbocycles. The monoisotopic (exact) mass is 596 g/mol. The van der Waals surface area contributed by atoms with Gasteiger partial charge in [0.2, 0.25) is 23.6 Å². The van der Waals surface area contributed by atoms with Gasteiger partial charge in [0.15, 0.2) is 0 Å². The van der Waals surface area contributed by atoms with E-state index in [1.54, 1.807) is 24.3 Å². The van der Waals surface area contributed by atoms with E-state index in [2.05, 4.69) is 0 Å². The lowest BCUT2D eigenvalue weighted by molar-refractivity contribution is -0.141. The summed E-state index contributed by atoms with van der Waals surface area (Å²) >= 11 is 0. The molecule has 4 aromatic rings. The van der Waals surface area contributed by atoms with Crippen molar-refractivity contribution in [2.24, 2.45) is 29.1 Å². The zero-order valence-corrected chi connectivity index (χ0v) is 24.8. The topological polar surface area (TPSA) is 95.0 Å². The fraction of sp³-hybridized carbons (Fsp3) is 0.263. The molecule has 2 aliphatic carbocycles.